The van der Waals surface area contributed by atoms with E-state index in [9.17, 15) is 9.59 Å². The molecule has 19 heavy (non-hydrogen) atoms. The van der Waals surface area contributed by atoms with Crippen LogP contribution in [0.25, 0.3) is 0 Å². The topological polar surface area (TPSA) is 76.4 Å². The lowest BCUT2D eigenvalue weighted by atomic mass is 9.89. The average molecular weight is 266 g/mol. The maximum Gasteiger partial charge on any atom is 0.236 e. The van der Waals surface area contributed by atoms with Crippen molar-refractivity contribution in [1.29, 1.82) is 5.26 Å². The van der Waals surface area contributed by atoms with Gasteiger partial charge in [0, 0.05) is 27.2 Å². The third-order valence-corrected chi connectivity index (χ3v) is 3.67. The Morgan fingerprint density at radius 1 is 1.53 bits per heavy atom. The maximum atomic E-state index is 11.9. The quantitative estimate of drug-likeness (QED) is 0.748. The molecule has 1 N–H and O–H groups in total. The van der Waals surface area contributed by atoms with Gasteiger partial charge < -0.3 is 10.2 Å². The molecule has 0 aromatic carbocycles. The fourth-order valence-corrected chi connectivity index (χ4v) is 2.33. The van der Waals surface area contributed by atoms with Crippen molar-refractivity contribution in [2.24, 2.45) is 5.41 Å². The van der Waals surface area contributed by atoms with E-state index >= 15 is 0 Å². The lowest BCUT2D eigenvalue weighted by Crippen LogP contribution is -2.42. The van der Waals surface area contributed by atoms with E-state index in [4.69, 9.17) is 5.26 Å². The molecule has 6 heteroatoms. The molecule has 1 rings (SSSR count). The first-order valence-corrected chi connectivity index (χ1v) is 6.48. The van der Waals surface area contributed by atoms with Gasteiger partial charge in [0.15, 0.2) is 0 Å². The second kappa shape index (κ2) is 6.53. The summed E-state index contributed by atoms with van der Waals surface area (Å²) in [4.78, 5) is 27.3. The molecule has 6 nitrogen and oxygen atoms in total. The number of nitriles is 1. The Balaban J connectivity index is 2.46. The third kappa shape index (κ3) is 3.93. The van der Waals surface area contributed by atoms with Crippen molar-refractivity contribution in [3.8, 4) is 6.07 Å². The van der Waals surface area contributed by atoms with Gasteiger partial charge in [-0.3, -0.25) is 14.5 Å². The summed E-state index contributed by atoms with van der Waals surface area (Å²) in [6, 6.07) is 2.02. The van der Waals surface area contributed by atoms with Gasteiger partial charge in [-0.2, -0.15) is 5.26 Å². The molecule has 1 saturated heterocycles. The highest BCUT2D eigenvalue weighted by Crippen LogP contribution is 2.29. The van der Waals surface area contributed by atoms with E-state index in [2.05, 4.69) is 5.32 Å². The van der Waals surface area contributed by atoms with Gasteiger partial charge >= 0.3 is 0 Å². The smallest absolute Gasteiger partial charge is 0.236 e. The molecule has 0 aromatic rings. The molecule has 0 saturated carbocycles. The summed E-state index contributed by atoms with van der Waals surface area (Å²) in [5.74, 6) is 0.0247. The van der Waals surface area contributed by atoms with Crippen LogP contribution in [0.1, 0.15) is 19.8 Å². The summed E-state index contributed by atoms with van der Waals surface area (Å²) in [6.07, 6.45) is 1.11. The third-order valence-electron chi connectivity index (χ3n) is 3.67. The SMILES string of the molecule is CNC(=O)C1(C)CCN(CC(=O)N(C)CCC#N)C1. The van der Waals surface area contributed by atoms with Crippen LogP contribution in [0.2, 0.25) is 0 Å². The minimum atomic E-state index is -0.403. The van der Waals surface area contributed by atoms with Crippen molar-refractivity contribution in [2.75, 3.05) is 40.3 Å². The molecule has 0 radical (unpaired) electrons. The number of nitrogens with one attached hydrogen (secondary N) is 1. The van der Waals surface area contributed by atoms with Crippen LogP contribution in [0.3, 0.4) is 0 Å². The summed E-state index contributed by atoms with van der Waals surface area (Å²) in [5, 5.41) is 11.2. The molecule has 1 aliphatic rings. The summed E-state index contributed by atoms with van der Waals surface area (Å²) >= 11 is 0. The molecule has 1 fully saturated rings. The van der Waals surface area contributed by atoms with Crippen LogP contribution in [0.5, 0.6) is 0 Å². The van der Waals surface area contributed by atoms with Gasteiger partial charge in [0.1, 0.15) is 0 Å². The molecule has 0 aromatic heterocycles. The van der Waals surface area contributed by atoms with Crippen molar-refractivity contribution in [1.82, 2.24) is 15.1 Å². The highest BCUT2D eigenvalue weighted by atomic mass is 16.2. The Morgan fingerprint density at radius 2 is 2.21 bits per heavy atom. The number of likely N-dealkylation sites (tertiary alicyclic amines) is 1. The number of amides is 2. The second-order valence-corrected chi connectivity index (χ2v) is 5.32. The monoisotopic (exact) mass is 266 g/mol. The number of carbonyl (C=O) groups excluding carboxylic acids is 2. The van der Waals surface area contributed by atoms with Crippen LogP contribution < -0.4 is 5.32 Å². The van der Waals surface area contributed by atoms with Crippen LogP contribution in [0.15, 0.2) is 0 Å². The van der Waals surface area contributed by atoms with Gasteiger partial charge in [-0.1, -0.05) is 0 Å². The normalized spacial score (nSPS) is 22.8. The van der Waals surface area contributed by atoms with Gasteiger partial charge in [0.2, 0.25) is 11.8 Å². The molecule has 2 amide bonds. The fourth-order valence-electron chi connectivity index (χ4n) is 2.33. The first-order chi connectivity index (χ1) is 8.92. The Hall–Kier alpha value is -1.61. The van der Waals surface area contributed by atoms with Crippen LogP contribution in [-0.2, 0) is 9.59 Å². The molecule has 0 bridgehead atoms. The van der Waals surface area contributed by atoms with Gasteiger partial charge in [-0.25, -0.2) is 0 Å². The van der Waals surface area contributed by atoms with Gasteiger partial charge in [-0.15, -0.1) is 0 Å². The molecule has 1 unspecified atom stereocenters. The second-order valence-electron chi connectivity index (χ2n) is 5.32. The lowest BCUT2D eigenvalue weighted by molar-refractivity contribution is -0.132. The number of hydrogen-bond donors (Lipinski definition) is 1. The van der Waals surface area contributed by atoms with Gasteiger partial charge in [-0.05, 0) is 19.9 Å². The number of likely N-dealkylation sites (N-methyl/N-ethyl adjacent to an activating group) is 1. The average Bonchev–Trinajstić information content (AvgIpc) is 2.77. The molecule has 1 aliphatic heterocycles. The molecule has 1 heterocycles. The van der Waals surface area contributed by atoms with Crippen LogP contribution >= 0.6 is 0 Å². The van der Waals surface area contributed by atoms with Crippen molar-refractivity contribution < 1.29 is 9.59 Å². The van der Waals surface area contributed by atoms with Crippen LogP contribution in [0, 0.1) is 16.7 Å². The van der Waals surface area contributed by atoms with E-state index in [1.54, 1.807) is 19.0 Å². The van der Waals surface area contributed by atoms with E-state index < -0.39 is 5.41 Å². The zero-order valence-electron chi connectivity index (χ0n) is 11.9. The molecule has 1 atom stereocenters. The Kier molecular flexibility index (Phi) is 5.31. The highest BCUT2D eigenvalue weighted by molar-refractivity contribution is 5.83. The van der Waals surface area contributed by atoms with E-state index in [0.29, 0.717) is 26.1 Å². The van der Waals surface area contributed by atoms with Crippen molar-refractivity contribution in [2.45, 2.75) is 19.8 Å². The Labute approximate surface area is 114 Å². The van der Waals surface area contributed by atoms with E-state index in [0.717, 1.165) is 13.0 Å². The van der Waals surface area contributed by atoms with Gasteiger partial charge in [0.05, 0.1) is 24.4 Å². The molecular weight excluding hydrogens is 244 g/mol. The summed E-state index contributed by atoms with van der Waals surface area (Å²) in [5.41, 5.74) is -0.403. The molecular formula is C13H22N4O2. The van der Waals surface area contributed by atoms with Crippen molar-refractivity contribution in [3.63, 3.8) is 0 Å². The highest BCUT2D eigenvalue weighted by Gasteiger charge is 2.40. The van der Waals surface area contributed by atoms with Crippen molar-refractivity contribution >= 4 is 11.8 Å². The molecule has 0 aliphatic carbocycles. The number of hydrogen-bond acceptors (Lipinski definition) is 4. The summed E-state index contributed by atoms with van der Waals surface area (Å²) in [6.45, 7) is 4.05. The van der Waals surface area contributed by atoms with Crippen molar-refractivity contribution in [3.05, 3.63) is 0 Å². The van der Waals surface area contributed by atoms with E-state index in [1.165, 1.54) is 0 Å². The molecule has 0 spiro atoms. The van der Waals surface area contributed by atoms with Crippen LogP contribution in [0.4, 0.5) is 0 Å². The number of carbonyl (C=O) groups is 2. The standard InChI is InChI=1S/C13H22N4O2/c1-13(12(19)15-2)5-8-17(10-13)9-11(18)16(3)7-4-6-14/h4-5,7-10H2,1-3H3,(H,15,19). The minimum absolute atomic E-state index is 0.00333. The Bertz CT molecular complexity index is 391. The predicted molar refractivity (Wildman–Crippen MR) is 71.1 cm³/mol. The van der Waals surface area contributed by atoms with E-state index in [1.807, 2.05) is 17.9 Å². The zero-order chi connectivity index (χ0) is 14.5. The lowest BCUT2D eigenvalue weighted by Gasteiger charge is -2.24. The fraction of sp³-hybridized carbons (Fsp3) is 0.769. The predicted octanol–water partition coefficient (Wildman–Crippen LogP) is -0.184. The summed E-state index contributed by atoms with van der Waals surface area (Å²) in [7, 11) is 3.34. The first-order valence-electron chi connectivity index (χ1n) is 6.48. The molecule has 106 valence electrons. The summed E-state index contributed by atoms with van der Waals surface area (Å²) < 4.78 is 0. The minimum Gasteiger partial charge on any atom is -0.359 e. The largest absolute Gasteiger partial charge is 0.359 e. The zero-order valence-corrected chi connectivity index (χ0v) is 11.9. The number of nitrogens with zero attached hydrogens (tertiary/aromatic N) is 3. The van der Waals surface area contributed by atoms with Crippen LogP contribution in [-0.4, -0.2) is 61.9 Å². The Morgan fingerprint density at radius 3 is 2.79 bits per heavy atom. The number of rotatable bonds is 5. The maximum absolute atomic E-state index is 11.9. The van der Waals surface area contributed by atoms with Gasteiger partial charge in [0.25, 0.3) is 0 Å². The first kappa shape index (κ1) is 15.4. The van der Waals surface area contributed by atoms with E-state index in [-0.39, 0.29) is 11.8 Å².